The highest BCUT2D eigenvalue weighted by Gasteiger charge is 2.25. The highest BCUT2D eigenvalue weighted by Crippen LogP contribution is 2.40. The van der Waals surface area contributed by atoms with Crippen LogP contribution < -0.4 is 0 Å². The highest BCUT2D eigenvalue weighted by molar-refractivity contribution is 5.87. The van der Waals surface area contributed by atoms with E-state index in [1.165, 1.54) is 11.1 Å². The van der Waals surface area contributed by atoms with E-state index in [1.54, 1.807) is 6.92 Å². The van der Waals surface area contributed by atoms with Gasteiger partial charge in [-0.05, 0) is 62.3 Å². The fourth-order valence-electron chi connectivity index (χ4n) is 3.16. The first-order chi connectivity index (χ1) is 10.6. The Bertz CT molecular complexity index is 647. The molecular weight excluding hydrogens is 272 g/mol. The summed E-state index contributed by atoms with van der Waals surface area (Å²) < 4.78 is 0. The molecule has 0 bridgehead atoms. The number of carbonyl (C=O) groups is 1. The van der Waals surface area contributed by atoms with Crippen molar-refractivity contribution in [3.63, 3.8) is 0 Å². The van der Waals surface area contributed by atoms with Crippen LogP contribution in [0.1, 0.15) is 50.7 Å². The Morgan fingerprint density at radius 1 is 1.23 bits per heavy atom. The van der Waals surface area contributed by atoms with Crippen LogP contribution in [0.3, 0.4) is 0 Å². The maximum Gasteiger partial charge on any atom is 0.331 e. The van der Waals surface area contributed by atoms with Crippen LogP contribution in [0.4, 0.5) is 0 Å². The van der Waals surface area contributed by atoms with E-state index in [-0.39, 0.29) is 5.92 Å². The van der Waals surface area contributed by atoms with Gasteiger partial charge in [-0.2, -0.15) is 0 Å². The maximum absolute atomic E-state index is 11.3. The highest BCUT2D eigenvalue weighted by atomic mass is 16.4. The van der Waals surface area contributed by atoms with Crippen molar-refractivity contribution in [1.29, 1.82) is 0 Å². The minimum absolute atomic E-state index is 0.287. The molecule has 0 heterocycles. The van der Waals surface area contributed by atoms with E-state index >= 15 is 0 Å². The van der Waals surface area contributed by atoms with Crippen LogP contribution in [-0.4, -0.2) is 11.1 Å². The van der Waals surface area contributed by atoms with Crippen molar-refractivity contribution in [3.05, 3.63) is 70.3 Å². The standard InChI is InChI=1S/C20H24O2/c1-4-5-11-17(14(2)15(3)20(21)22)19-13-8-10-16-9-6-7-12-18(16)19/h4-7,9,11-12,19H,8,10,13H2,1-3H3,(H,21,22). The van der Waals surface area contributed by atoms with Gasteiger partial charge in [-0.15, -0.1) is 0 Å². The molecule has 1 aromatic carbocycles. The molecule has 1 N–H and O–H groups in total. The molecule has 1 aliphatic rings. The Kier molecular flexibility index (Phi) is 5.37. The van der Waals surface area contributed by atoms with Gasteiger partial charge < -0.3 is 5.11 Å². The van der Waals surface area contributed by atoms with Crippen molar-refractivity contribution in [2.45, 2.75) is 46.0 Å². The van der Waals surface area contributed by atoms with Gasteiger partial charge in [-0.3, -0.25) is 0 Å². The van der Waals surface area contributed by atoms with Crippen LogP contribution in [-0.2, 0) is 11.2 Å². The number of carboxylic acid groups (broad SMARTS) is 1. The van der Waals surface area contributed by atoms with E-state index < -0.39 is 5.97 Å². The average Bonchev–Trinajstić information content (AvgIpc) is 2.54. The smallest absolute Gasteiger partial charge is 0.331 e. The first kappa shape index (κ1) is 16.3. The van der Waals surface area contributed by atoms with Gasteiger partial charge in [0, 0.05) is 11.5 Å². The lowest BCUT2D eigenvalue weighted by atomic mass is 9.76. The Morgan fingerprint density at radius 2 is 1.95 bits per heavy atom. The number of carboxylic acids is 1. The SMILES string of the molecule is CC=CC=C(C(C)=C(C)C(=O)O)C1CCCc2ccccc21. The van der Waals surface area contributed by atoms with Crippen molar-refractivity contribution in [2.24, 2.45) is 0 Å². The quantitative estimate of drug-likeness (QED) is 0.625. The largest absolute Gasteiger partial charge is 0.478 e. The van der Waals surface area contributed by atoms with Crippen LogP contribution in [0.5, 0.6) is 0 Å². The minimum atomic E-state index is -0.840. The van der Waals surface area contributed by atoms with Gasteiger partial charge in [0.1, 0.15) is 0 Å². The first-order valence-electron chi connectivity index (χ1n) is 7.88. The molecule has 0 aliphatic heterocycles. The molecule has 116 valence electrons. The summed E-state index contributed by atoms with van der Waals surface area (Å²) >= 11 is 0. The van der Waals surface area contributed by atoms with Gasteiger partial charge in [0.2, 0.25) is 0 Å². The van der Waals surface area contributed by atoms with Crippen LogP contribution in [0.15, 0.2) is 59.2 Å². The summed E-state index contributed by atoms with van der Waals surface area (Å²) in [6.07, 6.45) is 9.40. The summed E-state index contributed by atoms with van der Waals surface area (Å²) in [6, 6.07) is 8.54. The molecule has 2 nitrogen and oxygen atoms in total. The number of aryl methyl sites for hydroxylation is 1. The predicted octanol–water partition coefficient (Wildman–Crippen LogP) is 5.03. The zero-order valence-corrected chi connectivity index (χ0v) is 13.6. The summed E-state index contributed by atoms with van der Waals surface area (Å²) in [5.74, 6) is -0.552. The van der Waals surface area contributed by atoms with Crippen molar-refractivity contribution in [1.82, 2.24) is 0 Å². The van der Waals surface area contributed by atoms with Crippen LogP contribution in [0.2, 0.25) is 0 Å². The topological polar surface area (TPSA) is 37.3 Å². The summed E-state index contributed by atoms with van der Waals surface area (Å²) in [5, 5.41) is 9.32. The van der Waals surface area contributed by atoms with E-state index in [0.29, 0.717) is 5.57 Å². The monoisotopic (exact) mass is 296 g/mol. The molecule has 0 saturated carbocycles. The fourth-order valence-corrected chi connectivity index (χ4v) is 3.16. The molecule has 2 heteroatoms. The van der Waals surface area contributed by atoms with Crippen molar-refractivity contribution in [3.8, 4) is 0 Å². The first-order valence-corrected chi connectivity index (χ1v) is 7.88. The van der Waals surface area contributed by atoms with Crippen LogP contribution in [0.25, 0.3) is 0 Å². The Labute approximate surface area is 132 Å². The molecule has 0 saturated heterocycles. The molecule has 0 spiro atoms. The Balaban J connectivity index is 2.53. The normalized spacial score (nSPS) is 19.8. The number of aliphatic carboxylic acids is 1. The van der Waals surface area contributed by atoms with Gasteiger partial charge in [0.25, 0.3) is 0 Å². The van der Waals surface area contributed by atoms with Gasteiger partial charge in [-0.25, -0.2) is 4.79 Å². The number of allylic oxidation sites excluding steroid dienone is 5. The third kappa shape index (κ3) is 3.38. The van der Waals surface area contributed by atoms with Gasteiger partial charge in [0.15, 0.2) is 0 Å². The number of hydrogen-bond donors (Lipinski definition) is 1. The molecule has 1 atom stereocenters. The van der Waals surface area contributed by atoms with Crippen molar-refractivity contribution < 1.29 is 9.90 Å². The lowest BCUT2D eigenvalue weighted by Gasteiger charge is -2.28. The fraction of sp³-hybridized carbons (Fsp3) is 0.350. The summed E-state index contributed by atoms with van der Waals surface area (Å²) in [5.41, 5.74) is 5.18. The van der Waals surface area contributed by atoms with Crippen molar-refractivity contribution in [2.75, 3.05) is 0 Å². The van der Waals surface area contributed by atoms with Gasteiger partial charge >= 0.3 is 5.97 Å². The molecular formula is C20H24O2. The number of benzene rings is 1. The summed E-state index contributed by atoms with van der Waals surface area (Å²) in [7, 11) is 0. The predicted molar refractivity (Wildman–Crippen MR) is 91.0 cm³/mol. The second kappa shape index (κ2) is 7.26. The van der Waals surface area contributed by atoms with Crippen LogP contribution in [0, 0.1) is 0 Å². The van der Waals surface area contributed by atoms with E-state index in [9.17, 15) is 9.90 Å². The Hall–Kier alpha value is -2.09. The summed E-state index contributed by atoms with van der Waals surface area (Å²) in [6.45, 7) is 5.60. The molecule has 1 aromatic rings. The van der Waals surface area contributed by atoms with E-state index in [1.807, 2.05) is 26.0 Å². The number of fused-ring (bicyclic) bond motifs is 1. The number of hydrogen-bond acceptors (Lipinski definition) is 1. The molecule has 2 rings (SSSR count). The van der Waals surface area contributed by atoms with Gasteiger partial charge in [0.05, 0.1) is 0 Å². The second-order valence-electron chi connectivity index (χ2n) is 5.85. The molecule has 0 radical (unpaired) electrons. The minimum Gasteiger partial charge on any atom is -0.478 e. The molecule has 1 aliphatic carbocycles. The molecule has 1 unspecified atom stereocenters. The van der Waals surface area contributed by atoms with Crippen LogP contribution >= 0.6 is 0 Å². The summed E-state index contributed by atoms with van der Waals surface area (Å²) in [4.78, 5) is 11.3. The third-order valence-electron chi connectivity index (χ3n) is 4.53. The molecule has 0 amide bonds. The van der Waals surface area contributed by atoms with Gasteiger partial charge in [-0.1, -0.05) is 42.5 Å². The molecule has 22 heavy (non-hydrogen) atoms. The average molecular weight is 296 g/mol. The maximum atomic E-state index is 11.3. The third-order valence-corrected chi connectivity index (χ3v) is 4.53. The lowest BCUT2D eigenvalue weighted by Crippen LogP contribution is -2.14. The second-order valence-corrected chi connectivity index (χ2v) is 5.85. The lowest BCUT2D eigenvalue weighted by molar-refractivity contribution is -0.132. The number of rotatable bonds is 4. The zero-order chi connectivity index (χ0) is 16.1. The molecule has 0 fully saturated rings. The van der Waals surface area contributed by atoms with E-state index in [4.69, 9.17) is 0 Å². The molecule has 0 aromatic heterocycles. The Morgan fingerprint density at radius 3 is 2.64 bits per heavy atom. The zero-order valence-electron chi connectivity index (χ0n) is 13.6. The van der Waals surface area contributed by atoms with E-state index in [2.05, 4.69) is 30.3 Å². The van der Waals surface area contributed by atoms with E-state index in [0.717, 1.165) is 30.4 Å². The van der Waals surface area contributed by atoms with Crippen molar-refractivity contribution >= 4 is 5.97 Å².